The van der Waals surface area contributed by atoms with Gasteiger partial charge in [-0.2, -0.15) is 5.26 Å². The number of carbonyl (C=O) groups excluding carboxylic acids is 1. The highest BCUT2D eigenvalue weighted by molar-refractivity contribution is 9.10. The van der Waals surface area contributed by atoms with Crippen LogP contribution in [0.5, 0.6) is 0 Å². The second-order valence-electron chi connectivity index (χ2n) is 3.95. The second kappa shape index (κ2) is 6.26. The molecule has 0 saturated carbocycles. The Bertz CT molecular complexity index is 673. The van der Waals surface area contributed by atoms with Crippen LogP contribution in [0, 0.1) is 11.3 Å². The van der Waals surface area contributed by atoms with E-state index in [1.54, 1.807) is 18.2 Å². The molecular weight excluding hydrogens is 324 g/mol. The minimum Gasteiger partial charge on any atom is -0.467 e. The van der Waals surface area contributed by atoms with Gasteiger partial charge in [-0.25, -0.2) is 4.79 Å². The Morgan fingerprint density at radius 3 is 3.00 bits per heavy atom. The van der Waals surface area contributed by atoms with E-state index in [0.29, 0.717) is 29.1 Å². The van der Waals surface area contributed by atoms with E-state index < -0.39 is 5.97 Å². The van der Waals surface area contributed by atoms with Gasteiger partial charge in [0.25, 0.3) is 0 Å². The van der Waals surface area contributed by atoms with E-state index in [9.17, 15) is 4.79 Å². The maximum Gasteiger partial charge on any atom is 0.341 e. The molecule has 1 aromatic carbocycles. The number of methoxy groups -OCH3 is 1. The maximum absolute atomic E-state index is 11.3. The van der Waals surface area contributed by atoms with Crippen molar-refractivity contribution < 1.29 is 13.9 Å². The van der Waals surface area contributed by atoms with Crippen molar-refractivity contribution in [2.24, 2.45) is 0 Å². The van der Waals surface area contributed by atoms with E-state index >= 15 is 0 Å². The van der Waals surface area contributed by atoms with E-state index in [2.05, 4.69) is 32.1 Å². The Balaban J connectivity index is 2.09. The molecule has 20 heavy (non-hydrogen) atoms. The molecule has 0 spiro atoms. The third-order valence-electron chi connectivity index (χ3n) is 2.63. The standard InChI is InChI=1S/C14H11BrN2O3/c1-19-14(18)10-4-12(20-8-10)7-17-13-5-11(15)3-2-9(13)6-16/h2-5,8,17H,7H2,1H3. The summed E-state index contributed by atoms with van der Waals surface area (Å²) in [6, 6.07) is 9.03. The lowest BCUT2D eigenvalue weighted by atomic mass is 10.2. The Morgan fingerprint density at radius 2 is 2.30 bits per heavy atom. The van der Waals surface area contributed by atoms with Crippen molar-refractivity contribution in [1.29, 1.82) is 5.26 Å². The number of anilines is 1. The summed E-state index contributed by atoms with van der Waals surface area (Å²) in [6.07, 6.45) is 1.34. The number of nitriles is 1. The second-order valence-corrected chi connectivity index (χ2v) is 4.86. The summed E-state index contributed by atoms with van der Waals surface area (Å²) in [4.78, 5) is 11.3. The van der Waals surface area contributed by atoms with Crippen LogP contribution < -0.4 is 5.32 Å². The number of ether oxygens (including phenoxy) is 1. The zero-order chi connectivity index (χ0) is 14.5. The third-order valence-corrected chi connectivity index (χ3v) is 3.12. The van der Waals surface area contributed by atoms with Gasteiger partial charge < -0.3 is 14.5 Å². The van der Waals surface area contributed by atoms with Crippen LogP contribution in [-0.2, 0) is 11.3 Å². The molecule has 0 radical (unpaired) electrons. The molecule has 1 heterocycles. The van der Waals surface area contributed by atoms with Crippen LogP contribution in [0.15, 0.2) is 39.4 Å². The molecule has 2 aromatic rings. The summed E-state index contributed by atoms with van der Waals surface area (Å²) < 4.78 is 10.7. The van der Waals surface area contributed by atoms with E-state index in [1.165, 1.54) is 13.4 Å². The highest BCUT2D eigenvalue weighted by Gasteiger charge is 2.10. The van der Waals surface area contributed by atoms with Crippen LogP contribution in [0.1, 0.15) is 21.7 Å². The highest BCUT2D eigenvalue weighted by atomic mass is 79.9. The van der Waals surface area contributed by atoms with Crippen molar-refractivity contribution in [2.45, 2.75) is 6.54 Å². The average Bonchev–Trinajstić information content (AvgIpc) is 2.93. The first-order valence-corrected chi connectivity index (χ1v) is 6.52. The maximum atomic E-state index is 11.3. The van der Waals surface area contributed by atoms with E-state index in [0.717, 1.165) is 4.47 Å². The summed E-state index contributed by atoms with van der Waals surface area (Å²) in [7, 11) is 1.31. The molecular formula is C14H11BrN2O3. The normalized spacial score (nSPS) is 9.85. The molecule has 0 aliphatic carbocycles. The molecule has 0 saturated heterocycles. The fraction of sp³-hybridized carbons (Fsp3) is 0.143. The van der Waals surface area contributed by atoms with Crippen molar-refractivity contribution in [3.8, 4) is 6.07 Å². The van der Waals surface area contributed by atoms with Gasteiger partial charge in [-0.3, -0.25) is 0 Å². The van der Waals surface area contributed by atoms with Crippen molar-refractivity contribution in [3.05, 3.63) is 51.9 Å². The van der Waals surface area contributed by atoms with Crippen LogP contribution in [0.25, 0.3) is 0 Å². The minimum absolute atomic E-state index is 0.360. The summed E-state index contributed by atoms with van der Waals surface area (Å²) in [5.74, 6) is 0.134. The van der Waals surface area contributed by atoms with E-state index in [-0.39, 0.29) is 0 Å². The number of benzene rings is 1. The molecule has 0 atom stereocenters. The Kier molecular flexibility index (Phi) is 4.43. The zero-order valence-corrected chi connectivity index (χ0v) is 12.2. The van der Waals surface area contributed by atoms with Crippen LogP contribution in [-0.4, -0.2) is 13.1 Å². The summed E-state index contributed by atoms with van der Waals surface area (Å²) >= 11 is 3.35. The largest absolute Gasteiger partial charge is 0.467 e. The fourth-order valence-corrected chi connectivity index (χ4v) is 2.00. The number of hydrogen-bond acceptors (Lipinski definition) is 5. The van der Waals surface area contributed by atoms with Crippen molar-refractivity contribution >= 4 is 27.6 Å². The Morgan fingerprint density at radius 1 is 1.50 bits per heavy atom. The molecule has 1 N–H and O–H groups in total. The molecule has 0 fully saturated rings. The Labute approximate surface area is 124 Å². The number of carbonyl (C=O) groups is 1. The van der Waals surface area contributed by atoms with Gasteiger partial charge >= 0.3 is 5.97 Å². The topological polar surface area (TPSA) is 75.3 Å². The number of nitrogens with zero attached hydrogens (tertiary/aromatic N) is 1. The smallest absolute Gasteiger partial charge is 0.341 e. The van der Waals surface area contributed by atoms with E-state index in [1.807, 2.05) is 6.07 Å². The number of nitrogens with one attached hydrogen (secondary N) is 1. The summed E-state index contributed by atoms with van der Waals surface area (Å²) in [5.41, 5.74) is 1.59. The van der Waals surface area contributed by atoms with Gasteiger partial charge in [0.1, 0.15) is 18.1 Å². The predicted molar refractivity (Wildman–Crippen MR) is 76.2 cm³/mol. The molecule has 2 rings (SSSR count). The SMILES string of the molecule is COC(=O)c1coc(CNc2cc(Br)ccc2C#N)c1. The van der Waals surface area contributed by atoms with Gasteiger partial charge in [-0.15, -0.1) is 0 Å². The molecule has 0 unspecified atom stereocenters. The molecule has 0 amide bonds. The summed E-state index contributed by atoms with van der Waals surface area (Å²) in [5, 5.41) is 12.1. The summed E-state index contributed by atoms with van der Waals surface area (Å²) in [6.45, 7) is 0.363. The zero-order valence-electron chi connectivity index (χ0n) is 10.6. The lowest BCUT2D eigenvalue weighted by Crippen LogP contribution is -2.01. The molecule has 0 aliphatic rings. The number of hydrogen-bond donors (Lipinski definition) is 1. The first-order valence-electron chi connectivity index (χ1n) is 5.73. The van der Waals surface area contributed by atoms with E-state index in [4.69, 9.17) is 9.68 Å². The van der Waals surface area contributed by atoms with Crippen LogP contribution in [0.2, 0.25) is 0 Å². The van der Waals surface area contributed by atoms with Gasteiger partial charge in [0.05, 0.1) is 30.5 Å². The predicted octanol–water partition coefficient (Wildman–Crippen LogP) is 3.31. The van der Waals surface area contributed by atoms with Crippen LogP contribution in [0.3, 0.4) is 0 Å². The number of furan rings is 1. The van der Waals surface area contributed by atoms with Gasteiger partial charge in [0.2, 0.25) is 0 Å². The van der Waals surface area contributed by atoms with Crippen LogP contribution in [0.4, 0.5) is 5.69 Å². The number of rotatable bonds is 4. The van der Waals surface area contributed by atoms with Gasteiger partial charge in [-0.05, 0) is 24.3 Å². The Hall–Kier alpha value is -2.26. The molecule has 6 heteroatoms. The van der Waals surface area contributed by atoms with Crippen molar-refractivity contribution in [1.82, 2.24) is 0 Å². The first-order chi connectivity index (χ1) is 9.63. The number of halogens is 1. The first kappa shape index (κ1) is 14.2. The molecule has 1 aromatic heterocycles. The lowest BCUT2D eigenvalue weighted by molar-refractivity contribution is 0.0600. The molecule has 0 bridgehead atoms. The van der Waals surface area contributed by atoms with Crippen molar-refractivity contribution in [2.75, 3.05) is 12.4 Å². The van der Waals surface area contributed by atoms with Gasteiger partial charge in [0.15, 0.2) is 0 Å². The minimum atomic E-state index is -0.444. The third kappa shape index (κ3) is 3.19. The number of esters is 1. The lowest BCUT2D eigenvalue weighted by Gasteiger charge is -2.06. The average molecular weight is 335 g/mol. The monoisotopic (exact) mass is 334 g/mol. The molecule has 5 nitrogen and oxygen atoms in total. The van der Waals surface area contributed by atoms with Gasteiger partial charge in [0, 0.05) is 4.47 Å². The van der Waals surface area contributed by atoms with Crippen molar-refractivity contribution in [3.63, 3.8) is 0 Å². The molecule has 102 valence electrons. The quantitative estimate of drug-likeness (QED) is 0.868. The highest BCUT2D eigenvalue weighted by Crippen LogP contribution is 2.21. The fourth-order valence-electron chi connectivity index (χ4n) is 1.64. The van der Waals surface area contributed by atoms with Crippen LogP contribution >= 0.6 is 15.9 Å². The molecule has 0 aliphatic heterocycles. The van der Waals surface area contributed by atoms with Gasteiger partial charge in [-0.1, -0.05) is 15.9 Å².